The minimum atomic E-state index is -1.07. The van der Waals surface area contributed by atoms with Gasteiger partial charge in [0.05, 0.1) is 0 Å². The van der Waals surface area contributed by atoms with Crippen LogP contribution in [0.2, 0.25) is 0 Å². The van der Waals surface area contributed by atoms with Gasteiger partial charge in [-0.15, -0.1) is 0 Å². The minimum absolute atomic E-state index is 0.0180. The summed E-state index contributed by atoms with van der Waals surface area (Å²) in [7, 11) is 0. The minimum Gasteiger partial charge on any atom is -0.477 e. The fourth-order valence-corrected chi connectivity index (χ4v) is 1.36. The van der Waals surface area contributed by atoms with Crippen LogP contribution in [-0.4, -0.2) is 30.6 Å². The van der Waals surface area contributed by atoms with Crippen LogP contribution in [0.15, 0.2) is 18.5 Å². The zero-order valence-electron chi connectivity index (χ0n) is 8.88. The average molecular weight is 218 g/mol. The van der Waals surface area contributed by atoms with Crippen molar-refractivity contribution in [3.8, 4) is 5.95 Å². The summed E-state index contributed by atoms with van der Waals surface area (Å²) in [5.41, 5.74) is 0.589. The maximum atomic E-state index is 10.8. The van der Waals surface area contributed by atoms with Crippen molar-refractivity contribution in [3.63, 3.8) is 0 Å². The van der Waals surface area contributed by atoms with Crippen LogP contribution in [0.5, 0.6) is 0 Å². The van der Waals surface area contributed by atoms with Crippen LogP contribution in [0, 0.1) is 13.8 Å². The number of aromatic carboxylic acids is 1. The summed E-state index contributed by atoms with van der Waals surface area (Å²) in [5, 5.41) is 8.89. The first kappa shape index (κ1) is 10.3. The quantitative estimate of drug-likeness (QED) is 0.812. The maximum Gasteiger partial charge on any atom is 0.354 e. The lowest BCUT2D eigenvalue weighted by Gasteiger charge is -2.05. The molecule has 6 heteroatoms. The van der Waals surface area contributed by atoms with E-state index in [2.05, 4.69) is 15.0 Å². The van der Waals surface area contributed by atoms with Gasteiger partial charge >= 0.3 is 5.97 Å². The van der Waals surface area contributed by atoms with E-state index in [9.17, 15) is 4.79 Å². The number of carboxylic acid groups (broad SMARTS) is 1. The Morgan fingerprint density at radius 3 is 2.69 bits per heavy atom. The second kappa shape index (κ2) is 3.73. The summed E-state index contributed by atoms with van der Waals surface area (Å²) >= 11 is 0. The number of aromatic nitrogens is 4. The van der Waals surface area contributed by atoms with Gasteiger partial charge in [-0.25, -0.2) is 19.7 Å². The summed E-state index contributed by atoms with van der Waals surface area (Å²) < 4.78 is 1.64. The van der Waals surface area contributed by atoms with Crippen LogP contribution < -0.4 is 0 Å². The van der Waals surface area contributed by atoms with Crippen LogP contribution in [0.3, 0.4) is 0 Å². The Balaban J connectivity index is 2.58. The highest BCUT2D eigenvalue weighted by Crippen LogP contribution is 2.07. The fraction of sp³-hybridized carbons (Fsp3) is 0.200. The SMILES string of the molecule is Cc1cc(C(=O)O)nc(-n2ccnc2C)n1. The average Bonchev–Trinajstić information content (AvgIpc) is 2.63. The first-order valence-electron chi connectivity index (χ1n) is 4.67. The van der Waals surface area contributed by atoms with Crippen molar-refractivity contribution in [3.05, 3.63) is 35.7 Å². The highest BCUT2D eigenvalue weighted by Gasteiger charge is 2.10. The third kappa shape index (κ3) is 1.77. The van der Waals surface area contributed by atoms with Crippen molar-refractivity contribution in [1.29, 1.82) is 0 Å². The smallest absolute Gasteiger partial charge is 0.354 e. The fourth-order valence-electron chi connectivity index (χ4n) is 1.36. The van der Waals surface area contributed by atoms with Crippen LogP contribution >= 0.6 is 0 Å². The molecule has 0 saturated carbocycles. The van der Waals surface area contributed by atoms with Gasteiger partial charge in [-0.3, -0.25) is 4.57 Å². The molecule has 0 radical (unpaired) electrons. The number of hydrogen-bond acceptors (Lipinski definition) is 4. The van der Waals surface area contributed by atoms with Crippen LogP contribution in [0.4, 0.5) is 0 Å². The monoisotopic (exact) mass is 218 g/mol. The van der Waals surface area contributed by atoms with E-state index in [-0.39, 0.29) is 5.69 Å². The molecule has 2 aromatic rings. The van der Waals surface area contributed by atoms with Crippen molar-refractivity contribution >= 4 is 5.97 Å². The highest BCUT2D eigenvalue weighted by molar-refractivity contribution is 5.85. The van der Waals surface area contributed by atoms with E-state index in [1.165, 1.54) is 6.07 Å². The molecule has 0 saturated heterocycles. The topological polar surface area (TPSA) is 80.9 Å². The molecule has 0 unspecified atom stereocenters. The van der Waals surface area contributed by atoms with Gasteiger partial charge in [-0.2, -0.15) is 0 Å². The molecule has 0 atom stereocenters. The largest absolute Gasteiger partial charge is 0.477 e. The second-order valence-electron chi connectivity index (χ2n) is 3.34. The summed E-state index contributed by atoms with van der Waals surface area (Å²) in [5.74, 6) is -0.0288. The van der Waals surface area contributed by atoms with Crippen molar-refractivity contribution < 1.29 is 9.90 Å². The third-order valence-corrected chi connectivity index (χ3v) is 2.10. The van der Waals surface area contributed by atoms with E-state index < -0.39 is 5.97 Å². The van der Waals surface area contributed by atoms with E-state index in [0.29, 0.717) is 17.5 Å². The van der Waals surface area contributed by atoms with Gasteiger partial charge in [0.15, 0.2) is 5.69 Å². The molecule has 2 aromatic heterocycles. The zero-order chi connectivity index (χ0) is 11.7. The van der Waals surface area contributed by atoms with Gasteiger partial charge in [-0.05, 0) is 19.9 Å². The number of rotatable bonds is 2. The molecule has 0 bridgehead atoms. The molecule has 0 amide bonds. The molecule has 16 heavy (non-hydrogen) atoms. The molecular formula is C10H10N4O2. The number of carboxylic acids is 1. The molecule has 0 fully saturated rings. The standard InChI is InChI=1S/C10H10N4O2/c1-6-5-8(9(15)16)13-10(12-6)14-4-3-11-7(14)2/h3-5H,1-2H3,(H,15,16). The Morgan fingerprint density at radius 1 is 1.38 bits per heavy atom. The molecule has 0 aromatic carbocycles. The van der Waals surface area contributed by atoms with E-state index in [4.69, 9.17) is 5.11 Å². The molecule has 0 aliphatic rings. The van der Waals surface area contributed by atoms with Gasteiger partial charge in [0, 0.05) is 18.1 Å². The van der Waals surface area contributed by atoms with Gasteiger partial charge in [0.2, 0.25) is 5.95 Å². The van der Waals surface area contributed by atoms with Crippen LogP contribution in [0.1, 0.15) is 22.0 Å². The zero-order valence-corrected chi connectivity index (χ0v) is 8.88. The number of hydrogen-bond donors (Lipinski definition) is 1. The lowest BCUT2D eigenvalue weighted by Crippen LogP contribution is -2.09. The molecule has 82 valence electrons. The van der Waals surface area contributed by atoms with Gasteiger partial charge in [0.1, 0.15) is 5.82 Å². The van der Waals surface area contributed by atoms with Crippen LogP contribution in [-0.2, 0) is 0 Å². The summed E-state index contributed by atoms with van der Waals surface area (Å²) in [6.45, 7) is 3.52. The Kier molecular flexibility index (Phi) is 2.40. The molecule has 0 spiro atoms. The first-order chi connectivity index (χ1) is 7.58. The molecule has 2 heterocycles. The molecule has 6 nitrogen and oxygen atoms in total. The van der Waals surface area contributed by atoms with Crippen molar-refractivity contribution in [2.45, 2.75) is 13.8 Å². The lowest BCUT2D eigenvalue weighted by atomic mass is 10.3. The number of carbonyl (C=O) groups is 1. The normalized spacial score (nSPS) is 10.4. The first-order valence-corrected chi connectivity index (χ1v) is 4.67. The Hall–Kier alpha value is -2.24. The third-order valence-electron chi connectivity index (χ3n) is 2.10. The predicted octanol–water partition coefficient (Wildman–Crippen LogP) is 0.977. The molecule has 1 N–H and O–H groups in total. The lowest BCUT2D eigenvalue weighted by molar-refractivity contribution is 0.0690. The van der Waals surface area contributed by atoms with Gasteiger partial charge in [0.25, 0.3) is 0 Å². The molecule has 0 aliphatic heterocycles. The van der Waals surface area contributed by atoms with E-state index >= 15 is 0 Å². The highest BCUT2D eigenvalue weighted by atomic mass is 16.4. The Morgan fingerprint density at radius 2 is 2.12 bits per heavy atom. The maximum absolute atomic E-state index is 10.8. The van der Waals surface area contributed by atoms with E-state index in [0.717, 1.165) is 0 Å². The van der Waals surface area contributed by atoms with Crippen molar-refractivity contribution in [2.75, 3.05) is 0 Å². The number of nitrogens with zero attached hydrogens (tertiary/aromatic N) is 4. The predicted molar refractivity (Wildman–Crippen MR) is 55.6 cm³/mol. The second-order valence-corrected chi connectivity index (χ2v) is 3.34. The van der Waals surface area contributed by atoms with Crippen LogP contribution in [0.25, 0.3) is 5.95 Å². The van der Waals surface area contributed by atoms with Gasteiger partial charge < -0.3 is 5.11 Å². The van der Waals surface area contributed by atoms with E-state index in [1.807, 2.05) is 0 Å². The number of aryl methyl sites for hydroxylation is 2. The van der Waals surface area contributed by atoms with Crippen molar-refractivity contribution in [2.24, 2.45) is 0 Å². The Labute approximate surface area is 91.6 Å². The molecule has 2 rings (SSSR count). The molecular weight excluding hydrogens is 208 g/mol. The Bertz CT molecular complexity index is 548. The molecule has 0 aliphatic carbocycles. The number of imidazole rings is 1. The summed E-state index contributed by atoms with van der Waals surface area (Å²) in [6.07, 6.45) is 3.30. The van der Waals surface area contributed by atoms with Crippen molar-refractivity contribution in [1.82, 2.24) is 19.5 Å². The van der Waals surface area contributed by atoms with Gasteiger partial charge in [-0.1, -0.05) is 0 Å². The van der Waals surface area contributed by atoms with E-state index in [1.54, 1.807) is 30.8 Å². The summed E-state index contributed by atoms with van der Waals surface area (Å²) in [6, 6.07) is 1.43. The summed E-state index contributed by atoms with van der Waals surface area (Å²) in [4.78, 5) is 23.0.